The van der Waals surface area contributed by atoms with E-state index in [0.717, 1.165) is 11.1 Å². The molecule has 0 atom stereocenters. The lowest BCUT2D eigenvalue weighted by molar-refractivity contribution is -0.120. The minimum atomic E-state index is -0.185. The van der Waals surface area contributed by atoms with Crippen LogP contribution in [0, 0.1) is 13.8 Å². The fourth-order valence-corrected chi connectivity index (χ4v) is 2.09. The maximum atomic E-state index is 11.9. The van der Waals surface area contributed by atoms with Gasteiger partial charge < -0.3 is 9.84 Å². The van der Waals surface area contributed by atoms with Crippen LogP contribution in [0.4, 0.5) is 0 Å². The van der Waals surface area contributed by atoms with E-state index in [1.54, 1.807) is 12.1 Å². The number of aryl methyl sites for hydroxylation is 2. The van der Waals surface area contributed by atoms with Gasteiger partial charge in [0.25, 0.3) is 0 Å². The van der Waals surface area contributed by atoms with E-state index in [1.165, 1.54) is 25.0 Å². The molecule has 0 fully saturated rings. The van der Waals surface area contributed by atoms with E-state index >= 15 is 0 Å². The van der Waals surface area contributed by atoms with E-state index in [9.17, 15) is 9.90 Å². The van der Waals surface area contributed by atoms with E-state index in [0.29, 0.717) is 11.3 Å². The first-order chi connectivity index (χ1) is 11.0. The maximum Gasteiger partial charge on any atom is 0.244 e. The van der Waals surface area contributed by atoms with Crippen LogP contribution in [0.15, 0.2) is 41.5 Å². The monoisotopic (exact) mass is 312 g/mol. The summed E-state index contributed by atoms with van der Waals surface area (Å²) in [7, 11) is 1.47. The highest BCUT2D eigenvalue weighted by atomic mass is 16.5. The molecule has 2 aromatic rings. The molecule has 23 heavy (non-hydrogen) atoms. The summed E-state index contributed by atoms with van der Waals surface area (Å²) in [5, 5.41) is 13.4. The maximum absolute atomic E-state index is 11.9. The Hall–Kier alpha value is -2.82. The molecule has 0 aliphatic rings. The number of hydrogen-bond donors (Lipinski definition) is 2. The summed E-state index contributed by atoms with van der Waals surface area (Å²) in [5.41, 5.74) is 6.52. The molecule has 2 N–H and O–H groups in total. The van der Waals surface area contributed by atoms with Crippen LogP contribution in [0.5, 0.6) is 11.5 Å². The Balaban J connectivity index is 1.94. The molecule has 0 unspecified atom stereocenters. The largest absolute Gasteiger partial charge is 0.504 e. The summed E-state index contributed by atoms with van der Waals surface area (Å²) >= 11 is 0. The Morgan fingerprint density at radius 1 is 1.22 bits per heavy atom. The standard InChI is InChI=1S/C18H20N2O3/c1-12-4-5-14(8-13(12)2)10-18(22)20-19-11-15-6-7-16(21)17(9-15)23-3/h4-9,11,21H,10H2,1-3H3,(H,20,22)/b19-11-. The number of ether oxygens (including phenoxy) is 1. The zero-order valence-electron chi connectivity index (χ0n) is 13.5. The van der Waals surface area contributed by atoms with E-state index in [-0.39, 0.29) is 18.1 Å². The Labute approximate surface area is 135 Å². The van der Waals surface area contributed by atoms with Crippen LogP contribution < -0.4 is 10.2 Å². The van der Waals surface area contributed by atoms with Crippen LogP contribution in [0.2, 0.25) is 0 Å². The third-order valence-corrected chi connectivity index (χ3v) is 3.54. The average molecular weight is 312 g/mol. The van der Waals surface area contributed by atoms with Gasteiger partial charge in [0.15, 0.2) is 11.5 Å². The highest BCUT2D eigenvalue weighted by Crippen LogP contribution is 2.25. The van der Waals surface area contributed by atoms with Gasteiger partial charge >= 0.3 is 0 Å². The van der Waals surface area contributed by atoms with Crippen molar-refractivity contribution in [3.8, 4) is 11.5 Å². The number of carbonyl (C=O) groups is 1. The van der Waals surface area contributed by atoms with Crippen molar-refractivity contribution in [2.24, 2.45) is 5.10 Å². The number of phenolic OH excluding ortho intramolecular Hbond substituents is 1. The number of amides is 1. The SMILES string of the molecule is COc1cc(/C=N\NC(=O)Cc2ccc(C)c(C)c2)ccc1O. The lowest BCUT2D eigenvalue weighted by Crippen LogP contribution is -2.19. The molecule has 0 aromatic heterocycles. The molecule has 0 bridgehead atoms. The minimum Gasteiger partial charge on any atom is -0.504 e. The van der Waals surface area contributed by atoms with Crippen molar-refractivity contribution in [1.82, 2.24) is 5.43 Å². The van der Waals surface area contributed by atoms with Gasteiger partial charge in [-0.15, -0.1) is 0 Å². The molecule has 2 rings (SSSR count). The van der Waals surface area contributed by atoms with Crippen LogP contribution in [-0.2, 0) is 11.2 Å². The van der Waals surface area contributed by atoms with Crippen molar-refractivity contribution >= 4 is 12.1 Å². The summed E-state index contributed by atoms with van der Waals surface area (Å²) < 4.78 is 5.01. The van der Waals surface area contributed by atoms with Crippen LogP contribution in [-0.4, -0.2) is 24.3 Å². The highest BCUT2D eigenvalue weighted by molar-refractivity contribution is 5.84. The predicted octanol–water partition coefficient (Wildman–Crippen LogP) is 2.71. The second kappa shape index (κ2) is 7.45. The smallest absolute Gasteiger partial charge is 0.244 e. The molecular weight excluding hydrogens is 292 g/mol. The van der Waals surface area contributed by atoms with Crippen molar-refractivity contribution in [2.45, 2.75) is 20.3 Å². The Morgan fingerprint density at radius 2 is 2.00 bits per heavy atom. The molecule has 0 saturated heterocycles. The molecule has 5 heteroatoms. The summed E-state index contributed by atoms with van der Waals surface area (Å²) in [6.07, 6.45) is 1.78. The second-order valence-corrected chi connectivity index (χ2v) is 5.32. The molecule has 0 saturated carbocycles. The van der Waals surface area contributed by atoms with Crippen molar-refractivity contribution in [3.05, 3.63) is 58.7 Å². The highest BCUT2D eigenvalue weighted by Gasteiger charge is 2.04. The topological polar surface area (TPSA) is 70.9 Å². The number of hydrogen-bond acceptors (Lipinski definition) is 4. The fraction of sp³-hybridized carbons (Fsp3) is 0.222. The van der Waals surface area contributed by atoms with Gasteiger partial charge in [0.05, 0.1) is 19.7 Å². The van der Waals surface area contributed by atoms with E-state index in [4.69, 9.17) is 4.74 Å². The van der Waals surface area contributed by atoms with Gasteiger partial charge in [-0.1, -0.05) is 18.2 Å². The zero-order valence-corrected chi connectivity index (χ0v) is 13.5. The number of benzene rings is 2. The van der Waals surface area contributed by atoms with Gasteiger partial charge in [-0.2, -0.15) is 5.10 Å². The number of hydrazone groups is 1. The van der Waals surface area contributed by atoms with Gasteiger partial charge in [-0.25, -0.2) is 5.43 Å². The molecule has 120 valence electrons. The summed E-state index contributed by atoms with van der Waals surface area (Å²) in [4.78, 5) is 11.9. The Morgan fingerprint density at radius 3 is 2.70 bits per heavy atom. The lowest BCUT2D eigenvalue weighted by atomic mass is 10.0. The number of carbonyl (C=O) groups excluding carboxylic acids is 1. The van der Waals surface area contributed by atoms with Crippen LogP contribution in [0.1, 0.15) is 22.3 Å². The third kappa shape index (κ3) is 4.57. The normalized spacial score (nSPS) is 10.7. The van der Waals surface area contributed by atoms with Crippen molar-refractivity contribution in [3.63, 3.8) is 0 Å². The molecule has 2 aromatic carbocycles. The first-order valence-corrected chi connectivity index (χ1v) is 7.24. The third-order valence-electron chi connectivity index (χ3n) is 3.54. The van der Waals surface area contributed by atoms with Crippen molar-refractivity contribution < 1.29 is 14.6 Å². The molecule has 5 nitrogen and oxygen atoms in total. The number of rotatable bonds is 5. The molecular formula is C18H20N2O3. The number of nitrogens with one attached hydrogen (secondary N) is 1. The van der Waals surface area contributed by atoms with Gasteiger partial charge in [-0.05, 0) is 54.3 Å². The molecule has 0 spiro atoms. The van der Waals surface area contributed by atoms with E-state index in [2.05, 4.69) is 10.5 Å². The van der Waals surface area contributed by atoms with Gasteiger partial charge in [0.1, 0.15) is 0 Å². The van der Waals surface area contributed by atoms with Gasteiger partial charge in [0, 0.05) is 0 Å². The average Bonchev–Trinajstić information content (AvgIpc) is 2.52. The Kier molecular flexibility index (Phi) is 5.36. The summed E-state index contributed by atoms with van der Waals surface area (Å²) in [6, 6.07) is 10.8. The fourth-order valence-electron chi connectivity index (χ4n) is 2.09. The number of aromatic hydroxyl groups is 1. The van der Waals surface area contributed by atoms with Crippen molar-refractivity contribution in [2.75, 3.05) is 7.11 Å². The summed E-state index contributed by atoms with van der Waals surface area (Å²) in [5.74, 6) is 0.231. The zero-order chi connectivity index (χ0) is 16.8. The quantitative estimate of drug-likeness (QED) is 0.659. The van der Waals surface area contributed by atoms with E-state index in [1.807, 2.05) is 32.0 Å². The molecule has 0 radical (unpaired) electrons. The minimum absolute atomic E-state index is 0.0587. The number of nitrogens with zero attached hydrogens (tertiary/aromatic N) is 1. The molecule has 0 aliphatic carbocycles. The summed E-state index contributed by atoms with van der Waals surface area (Å²) in [6.45, 7) is 4.06. The van der Waals surface area contributed by atoms with Gasteiger partial charge in [0.2, 0.25) is 5.91 Å². The van der Waals surface area contributed by atoms with Crippen LogP contribution in [0.3, 0.4) is 0 Å². The van der Waals surface area contributed by atoms with E-state index < -0.39 is 0 Å². The van der Waals surface area contributed by atoms with Crippen LogP contribution >= 0.6 is 0 Å². The Bertz CT molecular complexity index is 739. The second-order valence-electron chi connectivity index (χ2n) is 5.32. The molecule has 0 heterocycles. The first kappa shape index (κ1) is 16.5. The van der Waals surface area contributed by atoms with Gasteiger partial charge in [-0.3, -0.25) is 4.79 Å². The molecule has 1 amide bonds. The van der Waals surface area contributed by atoms with Crippen LogP contribution in [0.25, 0.3) is 0 Å². The molecule has 0 aliphatic heterocycles. The van der Waals surface area contributed by atoms with Crippen molar-refractivity contribution in [1.29, 1.82) is 0 Å². The predicted molar refractivity (Wildman–Crippen MR) is 90.0 cm³/mol. The number of methoxy groups -OCH3 is 1. The number of phenols is 1. The first-order valence-electron chi connectivity index (χ1n) is 7.24. The lowest BCUT2D eigenvalue weighted by Gasteiger charge is -2.05.